The topological polar surface area (TPSA) is 79.5 Å². The fourth-order valence-corrected chi connectivity index (χ4v) is 1.57. The monoisotopic (exact) mass is 239 g/mol. The molecule has 0 aromatic carbocycles. The van der Waals surface area contributed by atoms with Gasteiger partial charge in [0.05, 0.1) is 6.54 Å². The minimum atomic E-state index is -1.11. The standard InChI is InChI=1S/C12H17NO4/c1-3-8(4-2)11(14)13-7-9-5-6-10(17-9)12(15)16/h5-6,8H,3-4,7H2,1-2H3,(H,13,14)(H,15,16). The van der Waals surface area contributed by atoms with Crippen LogP contribution in [0.2, 0.25) is 0 Å². The first kappa shape index (κ1) is 13.3. The molecule has 0 spiro atoms. The van der Waals surface area contributed by atoms with Crippen LogP contribution in [0.5, 0.6) is 0 Å². The summed E-state index contributed by atoms with van der Waals surface area (Å²) >= 11 is 0. The van der Waals surface area contributed by atoms with E-state index in [0.29, 0.717) is 5.76 Å². The average molecular weight is 239 g/mol. The van der Waals surface area contributed by atoms with Crippen LogP contribution >= 0.6 is 0 Å². The first-order valence-corrected chi connectivity index (χ1v) is 5.68. The van der Waals surface area contributed by atoms with Crippen molar-refractivity contribution in [1.29, 1.82) is 0 Å². The summed E-state index contributed by atoms with van der Waals surface area (Å²) in [6.07, 6.45) is 1.59. The SMILES string of the molecule is CCC(CC)C(=O)NCc1ccc(C(=O)O)o1. The first-order valence-electron chi connectivity index (χ1n) is 5.68. The number of carboxylic acids is 1. The number of rotatable bonds is 6. The lowest BCUT2D eigenvalue weighted by molar-refractivity contribution is -0.125. The number of amides is 1. The predicted molar refractivity (Wildman–Crippen MR) is 61.6 cm³/mol. The Morgan fingerprint density at radius 1 is 1.35 bits per heavy atom. The Kier molecular flexibility index (Phi) is 4.75. The molecule has 1 aromatic rings. The van der Waals surface area contributed by atoms with E-state index in [-0.39, 0.29) is 24.1 Å². The summed E-state index contributed by atoms with van der Waals surface area (Å²) in [5.74, 6) is -0.798. The van der Waals surface area contributed by atoms with Gasteiger partial charge < -0.3 is 14.8 Å². The molecule has 5 heteroatoms. The van der Waals surface area contributed by atoms with E-state index < -0.39 is 5.97 Å². The zero-order valence-electron chi connectivity index (χ0n) is 10.0. The molecular formula is C12H17NO4. The summed E-state index contributed by atoms with van der Waals surface area (Å²) in [5, 5.41) is 11.4. The van der Waals surface area contributed by atoms with Crippen molar-refractivity contribution in [2.45, 2.75) is 33.2 Å². The number of hydrogen-bond acceptors (Lipinski definition) is 3. The van der Waals surface area contributed by atoms with Gasteiger partial charge in [-0.2, -0.15) is 0 Å². The molecule has 17 heavy (non-hydrogen) atoms. The smallest absolute Gasteiger partial charge is 0.371 e. The van der Waals surface area contributed by atoms with E-state index in [1.807, 2.05) is 13.8 Å². The van der Waals surface area contributed by atoms with Gasteiger partial charge in [0.2, 0.25) is 11.7 Å². The van der Waals surface area contributed by atoms with Gasteiger partial charge >= 0.3 is 5.97 Å². The number of carbonyl (C=O) groups is 2. The molecule has 0 radical (unpaired) electrons. The highest BCUT2D eigenvalue weighted by molar-refractivity contribution is 5.84. The number of furan rings is 1. The molecule has 0 unspecified atom stereocenters. The maximum atomic E-state index is 11.7. The molecule has 0 aliphatic rings. The predicted octanol–water partition coefficient (Wildman–Crippen LogP) is 2.03. The molecule has 0 aliphatic carbocycles. The van der Waals surface area contributed by atoms with E-state index in [0.717, 1.165) is 12.8 Å². The van der Waals surface area contributed by atoms with Gasteiger partial charge in [0.15, 0.2) is 0 Å². The van der Waals surface area contributed by atoms with E-state index in [9.17, 15) is 9.59 Å². The first-order chi connectivity index (χ1) is 8.08. The molecule has 1 amide bonds. The molecule has 0 saturated heterocycles. The van der Waals surface area contributed by atoms with Crippen LogP contribution in [0.4, 0.5) is 0 Å². The number of aromatic carboxylic acids is 1. The summed E-state index contributed by atoms with van der Waals surface area (Å²) in [6.45, 7) is 4.15. The highest BCUT2D eigenvalue weighted by Crippen LogP contribution is 2.10. The summed E-state index contributed by atoms with van der Waals surface area (Å²) in [6, 6.07) is 2.93. The fourth-order valence-electron chi connectivity index (χ4n) is 1.57. The molecular weight excluding hydrogens is 222 g/mol. The summed E-state index contributed by atoms with van der Waals surface area (Å²) in [4.78, 5) is 22.2. The summed E-state index contributed by atoms with van der Waals surface area (Å²) < 4.78 is 5.03. The Hall–Kier alpha value is -1.78. The Morgan fingerprint density at radius 2 is 2.00 bits per heavy atom. The zero-order valence-corrected chi connectivity index (χ0v) is 10.0. The highest BCUT2D eigenvalue weighted by Gasteiger charge is 2.14. The normalized spacial score (nSPS) is 10.5. The van der Waals surface area contributed by atoms with Crippen molar-refractivity contribution in [1.82, 2.24) is 5.32 Å². The Balaban J connectivity index is 2.49. The van der Waals surface area contributed by atoms with Crippen LogP contribution in [0, 0.1) is 5.92 Å². The average Bonchev–Trinajstić information content (AvgIpc) is 2.76. The van der Waals surface area contributed by atoms with Crippen LogP contribution in [0.15, 0.2) is 16.5 Å². The van der Waals surface area contributed by atoms with Crippen LogP contribution in [-0.2, 0) is 11.3 Å². The van der Waals surface area contributed by atoms with Crippen LogP contribution in [0.3, 0.4) is 0 Å². The van der Waals surface area contributed by atoms with Crippen molar-refractivity contribution in [2.24, 2.45) is 5.92 Å². The molecule has 5 nitrogen and oxygen atoms in total. The van der Waals surface area contributed by atoms with E-state index in [1.165, 1.54) is 6.07 Å². The lowest BCUT2D eigenvalue weighted by atomic mass is 10.0. The Bertz CT molecular complexity index is 393. The third kappa shape index (κ3) is 3.62. The second-order valence-electron chi connectivity index (χ2n) is 3.80. The quantitative estimate of drug-likeness (QED) is 0.796. The minimum absolute atomic E-state index is 0.00362. The van der Waals surface area contributed by atoms with Gasteiger partial charge in [0, 0.05) is 5.92 Å². The van der Waals surface area contributed by atoms with Gasteiger partial charge in [-0.3, -0.25) is 4.79 Å². The third-order valence-electron chi connectivity index (χ3n) is 2.67. The van der Waals surface area contributed by atoms with Crippen molar-refractivity contribution in [3.8, 4) is 0 Å². The maximum absolute atomic E-state index is 11.7. The molecule has 0 fully saturated rings. The van der Waals surface area contributed by atoms with Gasteiger partial charge in [0.25, 0.3) is 0 Å². The largest absolute Gasteiger partial charge is 0.475 e. The van der Waals surface area contributed by atoms with E-state index in [4.69, 9.17) is 9.52 Å². The summed E-state index contributed by atoms with van der Waals surface area (Å²) in [7, 11) is 0. The zero-order chi connectivity index (χ0) is 12.8. The minimum Gasteiger partial charge on any atom is -0.475 e. The molecule has 2 N–H and O–H groups in total. The molecule has 0 saturated carbocycles. The number of hydrogen-bond donors (Lipinski definition) is 2. The lowest BCUT2D eigenvalue weighted by Gasteiger charge is -2.11. The fraction of sp³-hybridized carbons (Fsp3) is 0.500. The second-order valence-corrected chi connectivity index (χ2v) is 3.80. The van der Waals surface area contributed by atoms with Gasteiger partial charge in [-0.15, -0.1) is 0 Å². The van der Waals surface area contributed by atoms with Crippen LogP contribution in [0.1, 0.15) is 43.0 Å². The second kappa shape index (κ2) is 6.08. The number of carbonyl (C=O) groups excluding carboxylic acids is 1. The van der Waals surface area contributed by atoms with Crippen molar-refractivity contribution >= 4 is 11.9 Å². The van der Waals surface area contributed by atoms with E-state index in [2.05, 4.69) is 5.32 Å². The molecule has 1 heterocycles. The number of nitrogens with one attached hydrogen (secondary N) is 1. The van der Waals surface area contributed by atoms with E-state index >= 15 is 0 Å². The van der Waals surface area contributed by atoms with Crippen LogP contribution in [0.25, 0.3) is 0 Å². The van der Waals surface area contributed by atoms with E-state index in [1.54, 1.807) is 6.07 Å². The Morgan fingerprint density at radius 3 is 2.47 bits per heavy atom. The third-order valence-corrected chi connectivity index (χ3v) is 2.67. The van der Waals surface area contributed by atoms with Crippen LogP contribution < -0.4 is 5.32 Å². The lowest BCUT2D eigenvalue weighted by Crippen LogP contribution is -2.29. The number of carboxylic acid groups (broad SMARTS) is 1. The molecule has 94 valence electrons. The molecule has 0 aliphatic heterocycles. The van der Waals surface area contributed by atoms with Crippen molar-refractivity contribution in [3.63, 3.8) is 0 Å². The van der Waals surface area contributed by atoms with Crippen LogP contribution in [-0.4, -0.2) is 17.0 Å². The van der Waals surface area contributed by atoms with Crippen molar-refractivity contribution in [3.05, 3.63) is 23.7 Å². The van der Waals surface area contributed by atoms with Gasteiger partial charge in [0.1, 0.15) is 5.76 Å². The molecule has 0 bridgehead atoms. The molecule has 1 rings (SSSR count). The Labute approximate surface area is 99.8 Å². The van der Waals surface area contributed by atoms with Gasteiger partial charge in [-0.05, 0) is 25.0 Å². The van der Waals surface area contributed by atoms with Gasteiger partial charge in [-0.1, -0.05) is 13.8 Å². The van der Waals surface area contributed by atoms with Crippen molar-refractivity contribution in [2.75, 3.05) is 0 Å². The van der Waals surface area contributed by atoms with Crippen molar-refractivity contribution < 1.29 is 19.1 Å². The molecule has 0 atom stereocenters. The summed E-state index contributed by atoms with van der Waals surface area (Å²) in [5.41, 5.74) is 0. The highest BCUT2D eigenvalue weighted by atomic mass is 16.4. The molecule has 1 aromatic heterocycles. The maximum Gasteiger partial charge on any atom is 0.371 e. The van der Waals surface area contributed by atoms with Gasteiger partial charge in [-0.25, -0.2) is 4.79 Å².